The molecule has 17 heavy (non-hydrogen) atoms. The normalized spacial score (nSPS) is 20.6. The summed E-state index contributed by atoms with van der Waals surface area (Å²) in [7, 11) is 1.93. The number of aryl methyl sites for hydroxylation is 1. The average molecular weight is 254 g/mol. The Kier molecular flexibility index (Phi) is 4.06. The minimum Gasteiger partial charge on any atom is -0.334 e. The summed E-state index contributed by atoms with van der Waals surface area (Å²) in [6, 6.07) is 0.308. The zero-order valence-electron chi connectivity index (χ0n) is 10.3. The molecule has 1 aromatic rings. The minimum atomic E-state index is 0.0949. The maximum absolute atomic E-state index is 12.4. The molecule has 6 heteroatoms. The van der Waals surface area contributed by atoms with Crippen LogP contribution in [0.15, 0.2) is 0 Å². The van der Waals surface area contributed by atoms with Crippen LogP contribution in [-0.2, 0) is 0 Å². The number of piperidine rings is 1. The summed E-state index contributed by atoms with van der Waals surface area (Å²) in [5.41, 5.74) is 0.744. The first-order chi connectivity index (χ1) is 8.24. The Bertz CT molecular complexity index is 391. The van der Waals surface area contributed by atoms with Crippen LogP contribution >= 0.6 is 11.5 Å². The molecule has 1 atom stereocenters. The molecule has 1 fully saturated rings. The number of nitrogens with zero attached hydrogens (tertiary/aromatic N) is 3. The number of rotatable bonds is 3. The third-order valence-electron chi connectivity index (χ3n) is 3.17. The number of hydrogen-bond donors (Lipinski definition) is 1. The van der Waals surface area contributed by atoms with Crippen LogP contribution in [0.1, 0.15) is 34.6 Å². The van der Waals surface area contributed by atoms with Crippen LogP contribution in [-0.4, -0.2) is 46.6 Å². The van der Waals surface area contributed by atoms with Gasteiger partial charge >= 0.3 is 0 Å². The number of carbonyl (C=O) groups excluding carboxylic acids is 1. The molecular formula is C11H18N4OS. The standard InChI is InChI=1S/C11H18N4OS/c1-8-10(17-14-13-8)11(16)15-6-4-3-5-9(15)7-12-2/h9,12H,3-7H2,1-2H3. The highest BCUT2D eigenvalue weighted by Gasteiger charge is 2.29. The van der Waals surface area contributed by atoms with Gasteiger partial charge in [-0.15, -0.1) is 5.10 Å². The maximum Gasteiger partial charge on any atom is 0.267 e. The van der Waals surface area contributed by atoms with Gasteiger partial charge in [0.05, 0.1) is 5.69 Å². The van der Waals surface area contributed by atoms with E-state index in [1.807, 2.05) is 18.9 Å². The Morgan fingerprint density at radius 2 is 2.41 bits per heavy atom. The van der Waals surface area contributed by atoms with E-state index >= 15 is 0 Å². The number of likely N-dealkylation sites (tertiary alicyclic amines) is 1. The predicted octanol–water partition coefficient (Wildman–Crippen LogP) is 1.06. The fourth-order valence-electron chi connectivity index (χ4n) is 2.27. The molecule has 2 rings (SSSR count). The Morgan fingerprint density at radius 3 is 3.06 bits per heavy atom. The molecule has 1 aromatic heterocycles. The van der Waals surface area contributed by atoms with Gasteiger partial charge in [0.15, 0.2) is 0 Å². The maximum atomic E-state index is 12.4. The van der Waals surface area contributed by atoms with E-state index in [-0.39, 0.29) is 5.91 Å². The molecule has 0 spiro atoms. The highest BCUT2D eigenvalue weighted by atomic mass is 32.1. The van der Waals surface area contributed by atoms with E-state index in [1.54, 1.807) is 0 Å². The van der Waals surface area contributed by atoms with Crippen molar-refractivity contribution in [1.29, 1.82) is 0 Å². The number of hydrogen-bond acceptors (Lipinski definition) is 5. The van der Waals surface area contributed by atoms with Crippen molar-refractivity contribution in [3.05, 3.63) is 10.6 Å². The molecule has 94 valence electrons. The van der Waals surface area contributed by atoms with Crippen LogP contribution in [0.5, 0.6) is 0 Å². The number of carbonyl (C=O) groups is 1. The number of aromatic nitrogens is 2. The fraction of sp³-hybridized carbons (Fsp3) is 0.727. The molecule has 5 nitrogen and oxygen atoms in total. The Labute approximate surface area is 105 Å². The van der Waals surface area contributed by atoms with Gasteiger partial charge in [0.2, 0.25) is 0 Å². The Morgan fingerprint density at radius 1 is 1.59 bits per heavy atom. The van der Waals surface area contributed by atoms with Crippen LogP contribution in [0, 0.1) is 6.92 Å². The molecule has 0 radical (unpaired) electrons. The molecule has 1 aliphatic heterocycles. The van der Waals surface area contributed by atoms with Crippen molar-refractivity contribution in [2.75, 3.05) is 20.1 Å². The second-order valence-electron chi connectivity index (χ2n) is 4.39. The van der Waals surface area contributed by atoms with Crippen LogP contribution in [0.4, 0.5) is 0 Å². The molecule has 0 saturated carbocycles. The molecule has 1 amide bonds. The van der Waals surface area contributed by atoms with E-state index in [1.165, 1.54) is 18.0 Å². The lowest BCUT2D eigenvalue weighted by molar-refractivity contribution is 0.0619. The van der Waals surface area contributed by atoms with Crippen LogP contribution in [0.25, 0.3) is 0 Å². The minimum absolute atomic E-state index is 0.0949. The summed E-state index contributed by atoms with van der Waals surface area (Å²) in [5.74, 6) is 0.0949. The van der Waals surface area contributed by atoms with E-state index in [2.05, 4.69) is 14.9 Å². The number of nitrogens with one attached hydrogen (secondary N) is 1. The summed E-state index contributed by atoms with van der Waals surface area (Å²) in [6.45, 7) is 3.55. The topological polar surface area (TPSA) is 58.1 Å². The van der Waals surface area contributed by atoms with E-state index in [0.717, 1.165) is 31.6 Å². The summed E-state index contributed by atoms with van der Waals surface area (Å²) < 4.78 is 3.84. The van der Waals surface area contributed by atoms with Gasteiger partial charge in [-0.1, -0.05) is 4.49 Å². The largest absolute Gasteiger partial charge is 0.334 e. The smallest absolute Gasteiger partial charge is 0.267 e. The van der Waals surface area contributed by atoms with E-state index in [9.17, 15) is 4.79 Å². The fourth-order valence-corrected chi connectivity index (χ4v) is 2.89. The molecule has 1 unspecified atom stereocenters. The lowest BCUT2D eigenvalue weighted by atomic mass is 10.0. The highest BCUT2D eigenvalue weighted by molar-refractivity contribution is 7.07. The van der Waals surface area contributed by atoms with Crippen molar-refractivity contribution in [2.45, 2.75) is 32.2 Å². The van der Waals surface area contributed by atoms with Crippen LogP contribution in [0.3, 0.4) is 0 Å². The molecule has 0 bridgehead atoms. The van der Waals surface area contributed by atoms with E-state index < -0.39 is 0 Å². The first-order valence-corrected chi connectivity index (χ1v) is 6.76. The van der Waals surface area contributed by atoms with Crippen molar-refractivity contribution in [1.82, 2.24) is 19.8 Å². The number of amides is 1. The van der Waals surface area contributed by atoms with Gasteiger partial charge in [-0.2, -0.15) is 0 Å². The highest BCUT2D eigenvalue weighted by Crippen LogP contribution is 2.21. The quantitative estimate of drug-likeness (QED) is 0.876. The zero-order chi connectivity index (χ0) is 12.3. The summed E-state index contributed by atoms with van der Waals surface area (Å²) >= 11 is 1.20. The van der Waals surface area contributed by atoms with Crippen molar-refractivity contribution < 1.29 is 4.79 Å². The summed E-state index contributed by atoms with van der Waals surface area (Å²) in [6.07, 6.45) is 3.38. The van der Waals surface area contributed by atoms with Gasteiger partial charge in [0.1, 0.15) is 4.88 Å². The second kappa shape index (κ2) is 5.55. The predicted molar refractivity (Wildman–Crippen MR) is 67.2 cm³/mol. The average Bonchev–Trinajstić information content (AvgIpc) is 2.76. The van der Waals surface area contributed by atoms with Crippen molar-refractivity contribution in [2.24, 2.45) is 0 Å². The zero-order valence-corrected chi connectivity index (χ0v) is 11.1. The Hall–Kier alpha value is -1.01. The third-order valence-corrected chi connectivity index (χ3v) is 3.99. The van der Waals surface area contributed by atoms with Gasteiger partial charge in [-0.25, -0.2) is 0 Å². The molecule has 2 heterocycles. The number of likely N-dealkylation sites (N-methyl/N-ethyl adjacent to an activating group) is 1. The van der Waals surface area contributed by atoms with Crippen molar-refractivity contribution in [3.63, 3.8) is 0 Å². The van der Waals surface area contributed by atoms with Gasteiger partial charge in [-0.05, 0) is 44.8 Å². The SMILES string of the molecule is CNCC1CCCCN1C(=O)c1snnc1C. The molecule has 0 aromatic carbocycles. The molecule has 1 aliphatic rings. The van der Waals surface area contributed by atoms with Crippen LogP contribution < -0.4 is 5.32 Å². The molecule has 0 aliphatic carbocycles. The second-order valence-corrected chi connectivity index (χ2v) is 5.15. The lowest BCUT2D eigenvalue weighted by Crippen LogP contribution is -2.48. The summed E-state index contributed by atoms with van der Waals surface area (Å²) in [4.78, 5) is 15.1. The lowest BCUT2D eigenvalue weighted by Gasteiger charge is -2.35. The summed E-state index contributed by atoms with van der Waals surface area (Å²) in [5, 5.41) is 7.07. The first-order valence-electron chi connectivity index (χ1n) is 5.98. The van der Waals surface area contributed by atoms with Crippen molar-refractivity contribution >= 4 is 17.4 Å². The molecule has 1 saturated heterocycles. The van der Waals surface area contributed by atoms with E-state index in [0.29, 0.717) is 10.9 Å². The van der Waals surface area contributed by atoms with Crippen molar-refractivity contribution in [3.8, 4) is 0 Å². The first kappa shape index (κ1) is 12.4. The third kappa shape index (κ3) is 2.63. The molecular weight excluding hydrogens is 236 g/mol. The monoisotopic (exact) mass is 254 g/mol. The Balaban J connectivity index is 2.14. The van der Waals surface area contributed by atoms with Gasteiger partial charge in [0, 0.05) is 19.1 Å². The van der Waals surface area contributed by atoms with Gasteiger partial charge in [0.25, 0.3) is 5.91 Å². The molecule has 1 N–H and O–H groups in total. The van der Waals surface area contributed by atoms with Gasteiger partial charge < -0.3 is 10.2 Å². The van der Waals surface area contributed by atoms with Gasteiger partial charge in [-0.3, -0.25) is 4.79 Å². The van der Waals surface area contributed by atoms with E-state index in [4.69, 9.17) is 0 Å². The van der Waals surface area contributed by atoms with Crippen LogP contribution in [0.2, 0.25) is 0 Å².